The highest BCUT2D eigenvalue weighted by atomic mass is 35.5. The molecule has 0 atom stereocenters. The smallest absolute Gasteiger partial charge is 0.289 e. The molecule has 1 aromatic carbocycles. The third kappa shape index (κ3) is 2.32. The molecule has 0 bridgehead atoms. The van der Waals surface area contributed by atoms with Gasteiger partial charge in [-0.15, -0.1) is 10.2 Å². The lowest BCUT2D eigenvalue weighted by Gasteiger charge is -2.16. The molecule has 1 amide bonds. The molecule has 0 aliphatic heterocycles. The lowest BCUT2D eigenvalue weighted by atomic mass is 10.2. The molecule has 5 nitrogen and oxygen atoms in total. The topological polar surface area (TPSA) is 69.9 Å². The zero-order valence-electron chi connectivity index (χ0n) is 9.29. The summed E-state index contributed by atoms with van der Waals surface area (Å²) < 4.78 is 0.209. The molecular formula is C11H7ClN4OS. The summed E-state index contributed by atoms with van der Waals surface area (Å²) in [7, 11) is 1.58. The summed E-state index contributed by atoms with van der Waals surface area (Å²) in [5.74, 6) is -0.345. The SMILES string of the molecule is CN(C(=O)c1nnc(Cl)s1)c1ccccc1C#N. The van der Waals surface area contributed by atoms with Crippen LogP contribution in [0.5, 0.6) is 0 Å². The number of hydrogen-bond acceptors (Lipinski definition) is 5. The predicted molar refractivity (Wildman–Crippen MR) is 68.8 cm³/mol. The summed E-state index contributed by atoms with van der Waals surface area (Å²) in [4.78, 5) is 13.4. The van der Waals surface area contributed by atoms with E-state index in [1.807, 2.05) is 6.07 Å². The lowest BCUT2D eigenvalue weighted by Crippen LogP contribution is -2.26. The molecule has 0 N–H and O–H groups in total. The van der Waals surface area contributed by atoms with Gasteiger partial charge in [-0.3, -0.25) is 4.79 Å². The highest BCUT2D eigenvalue weighted by Crippen LogP contribution is 2.22. The molecule has 2 aromatic rings. The van der Waals surface area contributed by atoms with Crippen molar-refractivity contribution in [2.45, 2.75) is 0 Å². The minimum Gasteiger partial charge on any atom is -0.308 e. The van der Waals surface area contributed by atoms with E-state index in [4.69, 9.17) is 16.9 Å². The van der Waals surface area contributed by atoms with Crippen LogP contribution in [0.25, 0.3) is 0 Å². The summed E-state index contributed by atoms with van der Waals surface area (Å²) in [6.07, 6.45) is 0. The number of halogens is 1. The third-order valence-electron chi connectivity index (χ3n) is 2.27. The quantitative estimate of drug-likeness (QED) is 0.845. The summed E-state index contributed by atoms with van der Waals surface area (Å²) in [6, 6.07) is 8.87. The second-order valence-corrected chi connectivity index (χ2v) is 4.91. The third-order valence-corrected chi connectivity index (χ3v) is 3.28. The maximum absolute atomic E-state index is 12.1. The average molecular weight is 279 g/mol. The van der Waals surface area contributed by atoms with Crippen LogP contribution in [0.15, 0.2) is 24.3 Å². The van der Waals surface area contributed by atoms with Gasteiger partial charge in [-0.1, -0.05) is 23.5 Å². The van der Waals surface area contributed by atoms with Crippen molar-refractivity contribution in [3.8, 4) is 6.07 Å². The summed E-state index contributed by atoms with van der Waals surface area (Å²) in [5.41, 5.74) is 0.945. The molecule has 0 unspecified atom stereocenters. The number of amides is 1. The fraction of sp³-hybridized carbons (Fsp3) is 0.0909. The largest absolute Gasteiger partial charge is 0.308 e. The van der Waals surface area contributed by atoms with Crippen molar-refractivity contribution in [1.82, 2.24) is 10.2 Å². The Morgan fingerprint density at radius 2 is 2.17 bits per heavy atom. The van der Waals surface area contributed by atoms with Crippen LogP contribution in [0.1, 0.15) is 15.4 Å². The molecule has 7 heteroatoms. The van der Waals surface area contributed by atoms with Crippen molar-refractivity contribution in [3.05, 3.63) is 39.3 Å². The van der Waals surface area contributed by atoms with Crippen LogP contribution in [-0.2, 0) is 0 Å². The van der Waals surface area contributed by atoms with Gasteiger partial charge in [0, 0.05) is 7.05 Å². The Balaban J connectivity index is 2.34. The Bertz CT molecular complexity index is 634. The number of carbonyl (C=O) groups is 1. The summed E-state index contributed by atoms with van der Waals surface area (Å²) >= 11 is 6.64. The van der Waals surface area contributed by atoms with Crippen molar-refractivity contribution >= 4 is 34.5 Å². The van der Waals surface area contributed by atoms with Gasteiger partial charge in [-0.25, -0.2) is 0 Å². The number of hydrogen-bond donors (Lipinski definition) is 0. The van der Waals surface area contributed by atoms with Gasteiger partial charge >= 0.3 is 0 Å². The molecule has 0 saturated carbocycles. The van der Waals surface area contributed by atoms with Crippen molar-refractivity contribution in [3.63, 3.8) is 0 Å². The van der Waals surface area contributed by atoms with E-state index < -0.39 is 0 Å². The van der Waals surface area contributed by atoms with E-state index >= 15 is 0 Å². The van der Waals surface area contributed by atoms with Crippen LogP contribution in [0.4, 0.5) is 5.69 Å². The minimum atomic E-state index is -0.345. The van der Waals surface area contributed by atoms with Gasteiger partial charge in [0.2, 0.25) is 9.47 Å². The van der Waals surface area contributed by atoms with Gasteiger partial charge in [-0.05, 0) is 23.7 Å². The second-order valence-electron chi connectivity index (χ2n) is 3.35. The van der Waals surface area contributed by atoms with Crippen LogP contribution in [0.3, 0.4) is 0 Å². The normalized spacial score (nSPS) is 9.83. The van der Waals surface area contributed by atoms with Gasteiger partial charge in [0.05, 0.1) is 11.3 Å². The van der Waals surface area contributed by atoms with E-state index in [0.29, 0.717) is 11.3 Å². The molecule has 0 aliphatic rings. The van der Waals surface area contributed by atoms with Gasteiger partial charge in [0.1, 0.15) is 6.07 Å². The fourth-order valence-corrected chi connectivity index (χ4v) is 2.21. The maximum atomic E-state index is 12.1. The molecule has 0 aliphatic carbocycles. The monoisotopic (exact) mass is 278 g/mol. The van der Waals surface area contributed by atoms with Gasteiger partial charge in [0.15, 0.2) is 0 Å². The minimum absolute atomic E-state index is 0.190. The standard InChI is InChI=1S/C11H7ClN4OS/c1-16(8-5-3-2-4-7(8)6-13)10(17)9-14-15-11(12)18-9/h2-5H,1H3. The van der Waals surface area contributed by atoms with E-state index in [1.54, 1.807) is 31.3 Å². The number of anilines is 1. The predicted octanol–water partition coefficient (Wildman–Crippen LogP) is 2.34. The van der Waals surface area contributed by atoms with Crippen LogP contribution < -0.4 is 4.90 Å². The van der Waals surface area contributed by atoms with E-state index in [1.165, 1.54) is 4.90 Å². The number of nitriles is 1. The number of carbonyl (C=O) groups excluding carboxylic acids is 1. The number of aromatic nitrogens is 2. The number of rotatable bonds is 2. The zero-order valence-corrected chi connectivity index (χ0v) is 10.9. The van der Waals surface area contributed by atoms with Crippen molar-refractivity contribution < 1.29 is 4.79 Å². The number of nitrogens with zero attached hydrogens (tertiary/aromatic N) is 4. The molecule has 90 valence electrons. The Morgan fingerprint density at radius 3 is 2.78 bits per heavy atom. The molecule has 18 heavy (non-hydrogen) atoms. The lowest BCUT2D eigenvalue weighted by molar-refractivity contribution is 0.0992. The highest BCUT2D eigenvalue weighted by Gasteiger charge is 2.19. The number of benzene rings is 1. The molecule has 0 spiro atoms. The van der Waals surface area contributed by atoms with Gasteiger partial charge < -0.3 is 4.90 Å². The van der Waals surface area contributed by atoms with Crippen molar-refractivity contribution in [2.75, 3.05) is 11.9 Å². The Morgan fingerprint density at radius 1 is 1.44 bits per heavy atom. The van der Waals surface area contributed by atoms with E-state index in [9.17, 15) is 4.79 Å². The Kier molecular flexibility index (Phi) is 3.55. The second kappa shape index (κ2) is 5.12. The van der Waals surface area contributed by atoms with Crippen LogP contribution in [-0.4, -0.2) is 23.2 Å². The molecule has 0 saturated heterocycles. The molecule has 0 radical (unpaired) electrons. The first-order valence-corrected chi connectivity index (χ1v) is 6.09. The zero-order chi connectivity index (χ0) is 13.1. The molecule has 1 aromatic heterocycles. The first-order chi connectivity index (χ1) is 8.63. The van der Waals surface area contributed by atoms with E-state index in [2.05, 4.69) is 10.2 Å². The molecule has 1 heterocycles. The highest BCUT2D eigenvalue weighted by molar-refractivity contribution is 7.17. The first kappa shape index (κ1) is 12.5. The average Bonchev–Trinajstić information content (AvgIpc) is 2.83. The van der Waals surface area contributed by atoms with Gasteiger partial charge in [0.25, 0.3) is 5.91 Å². The summed E-state index contributed by atoms with van der Waals surface area (Å²) in [5, 5.41) is 16.4. The van der Waals surface area contributed by atoms with Crippen molar-refractivity contribution in [1.29, 1.82) is 5.26 Å². The van der Waals surface area contributed by atoms with Crippen molar-refractivity contribution in [2.24, 2.45) is 0 Å². The molecule has 2 rings (SSSR count). The maximum Gasteiger partial charge on any atom is 0.289 e. The van der Waals surface area contributed by atoms with E-state index in [0.717, 1.165) is 11.3 Å². The Hall–Kier alpha value is -1.97. The summed E-state index contributed by atoms with van der Waals surface area (Å²) in [6.45, 7) is 0. The van der Waals surface area contributed by atoms with Crippen LogP contribution >= 0.6 is 22.9 Å². The van der Waals surface area contributed by atoms with Crippen LogP contribution in [0.2, 0.25) is 4.47 Å². The van der Waals surface area contributed by atoms with Crippen LogP contribution in [0, 0.1) is 11.3 Å². The fourth-order valence-electron chi connectivity index (χ4n) is 1.41. The van der Waals surface area contributed by atoms with Gasteiger partial charge in [-0.2, -0.15) is 5.26 Å². The Labute approximate surface area is 112 Å². The first-order valence-electron chi connectivity index (χ1n) is 4.89. The molecular weight excluding hydrogens is 272 g/mol. The van der Waals surface area contributed by atoms with E-state index in [-0.39, 0.29) is 15.4 Å². The number of para-hydroxylation sites is 1. The molecule has 0 fully saturated rings.